The molecule has 88 valence electrons. The molecule has 2 N–H and O–H groups in total. The van der Waals surface area contributed by atoms with Crippen LogP contribution < -0.4 is 5.32 Å². The maximum Gasteiger partial charge on any atom is 0.250 e. The smallest absolute Gasteiger partial charge is 0.250 e. The van der Waals surface area contributed by atoms with Crippen LogP contribution in [0, 0.1) is 13.8 Å². The highest BCUT2D eigenvalue weighted by atomic mass is 16.5. The van der Waals surface area contributed by atoms with Crippen molar-refractivity contribution in [1.82, 2.24) is 0 Å². The first-order valence-corrected chi connectivity index (χ1v) is 5.22. The highest BCUT2D eigenvalue weighted by Gasteiger charge is 2.08. The van der Waals surface area contributed by atoms with Crippen molar-refractivity contribution in [3.05, 3.63) is 23.3 Å². The number of amides is 1. The minimum absolute atomic E-state index is 0.0518. The van der Waals surface area contributed by atoms with E-state index in [1.165, 1.54) is 0 Å². The van der Waals surface area contributed by atoms with Crippen LogP contribution in [0.5, 0.6) is 5.75 Å². The number of carbonyl (C=O) groups is 1. The molecule has 0 unspecified atom stereocenters. The van der Waals surface area contributed by atoms with Gasteiger partial charge in [0, 0.05) is 12.3 Å². The number of benzene rings is 1. The third-order valence-corrected chi connectivity index (χ3v) is 2.22. The summed E-state index contributed by atoms with van der Waals surface area (Å²) in [6, 6.07) is 3.23. The van der Waals surface area contributed by atoms with Crippen molar-refractivity contribution in [2.75, 3.05) is 18.5 Å². The van der Waals surface area contributed by atoms with Gasteiger partial charge in [-0.1, -0.05) is 0 Å². The monoisotopic (exact) mass is 223 g/mol. The first kappa shape index (κ1) is 12.5. The van der Waals surface area contributed by atoms with E-state index in [0.717, 1.165) is 16.8 Å². The fourth-order valence-electron chi connectivity index (χ4n) is 1.51. The van der Waals surface area contributed by atoms with Crippen LogP contribution in [0.1, 0.15) is 18.1 Å². The predicted octanol–water partition coefficient (Wildman–Crippen LogP) is 1.98. The van der Waals surface area contributed by atoms with Crippen molar-refractivity contribution in [2.24, 2.45) is 0 Å². The van der Waals surface area contributed by atoms with Crippen LogP contribution in [0.3, 0.4) is 0 Å². The summed E-state index contributed by atoms with van der Waals surface area (Å²) in [6.07, 6.45) is 0. The maximum atomic E-state index is 11.5. The van der Waals surface area contributed by atoms with E-state index in [1.54, 1.807) is 12.1 Å². The minimum Gasteiger partial charge on any atom is -0.508 e. The number of anilines is 1. The van der Waals surface area contributed by atoms with Crippen LogP contribution in [0.2, 0.25) is 0 Å². The molecule has 0 aliphatic heterocycles. The predicted molar refractivity (Wildman–Crippen MR) is 62.7 cm³/mol. The number of hydrogen-bond donors (Lipinski definition) is 2. The van der Waals surface area contributed by atoms with Crippen LogP contribution in [0.25, 0.3) is 0 Å². The molecule has 0 aromatic heterocycles. The molecule has 16 heavy (non-hydrogen) atoms. The van der Waals surface area contributed by atoms with Crippen molar-refractivity contribution in [3.8, 4) is 5.75 Å². The number of nitrogens with one attached hydrogen (secondary N) is 1. The largest absolute Gasteiger partial charge is 0.508 e. The molecule has 0 bridgehead atoms. The third-order valence-electron chi connectivity index (χ3n) is 2.22. The molecule has 1 amide bonds. The summed E-state index contributed by atoms with van der Waals surface area (Å²) in [5.74, 6) is 0.0246. The summed E-state index contributed by atoms with van der Waals surface area (Å²) >= 11 is 0. The first-order chi connectivity index (χ1) is 7.54. The Kier molecular flexibility index (Phi) is 4.31. The Bertz CT molecular complexity index is 365. The standard InChI is InChI=1S/C12H17NO3/c1-4-16-7-11(15)13-12-8(2)5-10(14)6-9(12)3/h5-6,14H,4,7H2,1-3H3,(H,13,15). The lowest BCUT2D eigenvalue weighted by molar-refractivity contribution is -0.120. The van der Waals surface area contributed by atoms with Gasteiger partial charge in [-0.05, 0) is 44.0 Å². The summed E-state index contributed by atoms with van der Waals surface area (Å²) in [5, 5.41) is 12.1. The Hall–Kier alpha value is -1.55. The zero-order chi connectivity index (χ0) is 12.1. The van der Waals surface area contributed by atoms with Gasteiger partial charge in [0.1, 0.15) is 12.4 Å². The molecular weight excluding hydrogens is 206 g/mol. The third kappa shape index (κ3) is 3.24. The van der Waals surface area contributed by atoms with Crippen LogP contribution in [0.4, 0.5) is 5.69 Å². The molecule has 1 aromatic carbocycles. The van der Waals surface area contributed by atoms with E-state index >= 15 is 0 Å². The van der Waals surface area contributed by atoms with Gasteiger partial charge in [0.15, 0.2) is 0 Å². The molecule has 0 spiro atoms. The minimum atomic E-state index is -0.182. The molecule has 0 aliphatic rings. The van der Waals surface area contributed by atoms with E-state index in [-0.39, 0.29) is 18.3 Å². The lowest BCUT2D eigenvalue weighted by Gasteiger charge is -2.12. The zero-order valence-electron chi connectivity index (χ0n) is 9.83. The molecule has 0 saturated heterocycles. The van der Waals surface area contributed by atoms with Gasteiger partial charge in [-0.3, -0.25) is 4.79 Å². The van der Waals surface area contributed by atoms with Gasteiger partial charge in [-0.15, -0.1) is 0 Å². The molecule has 1 aromatic rings. The van der Waals surface area contributed by atoms with E-state index in [9.17, 15) is 9.90 Å². The van der Waals surface area contributed by atoms with Gasteiger partial charge in [-0.25, -0.2) is 0 Å². The molecular formula is C12H17NO3. The molecule has 4 heteroatoms. The van der Waals surface area contributed by atoms with Crippen molar-refractivity contribution in [3.63, 3.8) is 0 Å². The number of ether oxygens (including phenoxy) is 1. The normalized spacial score (nSPS) is 10.2. The highest BCUT2D eigenvalue weighted by molar-refractivity contribution is 5.93. The van der Waals surface area contributed by atoms with Gasteiger partial charge in [0.25, 0.3) is 0 Å². The number of carbonyl (C=O) groups excluding carboxylic acids is 1. The van der Waals surface area contributed by atoms with Gasteiger partial charge in [-0.2, -0.15) is 0 Å². The average Bonchev–Trinajstić information content (AvgIpc) is 2.20. The quantitative estimate of drug-likeness (QED) is 0.767. The SMILES string of the molecule is CCOCC(=O)Nc1c(C)cc(O)cc1C. The van der Waals surface area contributed by atoms with Crippen LogP contribution in [0.15, 0.2) is 12.1 Å². The Morgan fingerprint density at radius 2 is 1.94 bits per heavy atom. The van der Waals surface area contributed by atoms with Gasteiger partial charge in [0.2, 0.25) is 5.91 Å². The molecule has 0 radical (unpaired) electrons. The Morgan fingerprint density at radius 3 is 2.44 bits per heavy atom. The summed E-state index contributed by atoms with van der Waals surface area (Å²) in [6.45, 7) is 6.08. The first-order valence-electron chi connectivity index (χ1n) is 5.22. The topological polar surface area (TPSA) is 58.6 Å². The van der Waals surface area contributed by atoms with E-state index in [4.69, 9.17) is 4.74 Å². The Balaban J connectivity index is 2.77. The average molecular weight is 223 g/mol. The van der Waals surface area contributed by atoms with Gasteiger partial charge >= 0.3 is 0 Å². The fourth-order valence-corrected chi connectivity index (χ4v) is 1.51. The number of rotatable bonds is 4. The number of aryl methyl sites for hydroxylation is 2. The molecule has 0 atom stereocenters. The molecule has 0 heterocycles. The maximum absolute atomic E-state index is 11.5. The van der Waals surface area contributed by atoms with Crippen molar-refractivity contribution < 1.29 is 14.6 Å². The summed E-state index contributed by atoms with van der Waals surface area (Å²) < 4.78 is 5.01. The van der Waals surface area contributed by atoms with Crippen LogP contribution >= 0.6 is 0 Å². The molecule has 4 nitrogen and oxygen atoms in total. The second kappa shape index (κ2) is 5.51. The van der Waals surface area contributed by atoms with Crippen LogP contribution in [-0.2, 0) is 9.53 Å². The Morgan fingerprint density at radius 1 is 1.38 bits per heavy atom. The van der Waals surface area contributed by atoms with Gasteiger partial charge < -0.3 is 15.2 Å². The van der Waals surface area contributed by atoms with Gasteiger partial charge in [0.05, 0.1) is 0 Å². The van der Waals surface area contributed by atoms with E-state index < -0.39 is 0 Å². The number of hydrogen-bond acceptors (Lipinski definition) is 3. The number of phenols is 1. The second-order valence-corrected chi connectivity index (χ2v) is 3.64. The van der Waals surface area contributed by atoms with Crippen molar-refractivity contribution in [1.29, 1.82) is 0 Å². The fraction of sp³-hybridized carbons (Fsp3) is 0.417. The van der Waals surface area contributed by atoms with E-state index in [0.29, 0.717) is 6.61 Å². The highest BCUT2D eigenvalue weighted by Crippen LogP contribution is 2.25. The van der Waals surface area contributed by atoms with Crippen molar-refractivity contribution >= 4 is 11.6 Å². The molecule has 0 saturated carbocycles. The number of aromatic hydroxyl groups is 1. The lowest BCUT2D eigenvalue weighted by Crippen LogP contribution is -2.19. The van der Waals surface area contributed by atoms with Crippen molar-refractivity contribution in [2.45, 2.75) is 20.8 Å². The van der Waals surface area contributed by atoms with Crippen LogP contribution in [-0.4, -0.2) is 24.2 Å². The van der Waals surface area contributed by atoms with E-state index in [1.807, 2.05) is 20.8 Å². The molecule has 1 rings (SSSR count). The summed E-state index contributed by atoms with van der Waals surface area (Å²) in [5.41, 5.74) is 2.41. The molecule has 0 fully saturated rings. The van der Waals surface area contributed by atoms with E-state index in [2.05, 4.69) is 5.32 Å². The summed E-state index contributed by atoms with van der Waals surface area (Å²) in [7, 11) is 0. The summed E-state index contributed by atoms with van der Waals surface area (Å²) in [4.78, 5) is 11.5. The zero-order valence-corrected chi connectivity index (χ0v) is 9.83. The number of phenolic OH excluding ortho intramolecular Hbond substituents is 1. The molecule has 0 aliphatic carbocycles. The Labute approximate surface area is 95.2 Å². The lowest BCUT2D eigenvalue weighted by atomic mass is 10.1. The second-order valence-electron chi connectivity index (χ2n) is 3.64.